The fourth-order valence-electron chi connectivity index (χ4n) is 6.05. The lowest BCUT2D eigenvalue weighted by Gasteiger charge is -2.45. The summed E-state index contributed by atoms with van der Waals surface area (Å²) < 4.78 is 20.3. The van der Waals surface area contributed by atoms with Crippen molar-refractivity contribution in [1.82, 2.24) is 9.55 Å². The number of carbonyl (C=O) groups excluding carboxylic acids is 1. The van der Waals surface area contributed by atoms with E-state index in [0.29, 0.717) is 44.9 Å². The van der Waals surface area contributed by atoms with Crippen molar-refractivity contribution in [2.45, 2.75) is 64.5 Å². The van der Waals surface area contributed by atoms with Crippen molar-refractivity contribution >= 4 is 22.8 Å². The smallest absolute Gasteiger partial charge is 0.415 e. The number of hydrogen-bond acceptors (Lipinski definition) is 6. The number of fused-ring (bicyclic) bond motifs is 1. The third-order valence-electron chi connectivity index (χ3n) is 7.75. The molecule has 2 atom stereocenters. The van der Waals surface area contributed by atoms with Crippen molar-refractivity contribution in [3.05, 3.63) is 54.4 Å². The minimum atomic E-state index is -0.584. The molecule has 0 bridgehead atoms. The van der Waals surface area contributed by atoms with Gasteiger partial charge in [0.25, 0.3) is 0 Å². The van der Waals surface area contributed by atoms with Crippen LogP contribution in [-0.4, -0.2) is 47.6 Å². The SMILES string of the molecule is CCCCOC[C@]1(Cn2cnc3ccc(C#N)cc32)CCC[C@@]2(CN(c3cccc(OCC)c3)C(=O)O2)C1. The summed E-state index contributed by atoms with van der Waals surface area (Å²) in [6.07, 6.45) is 7.06. The summed E-state index contributed by atoms with van der Waals surface area (Å²) in [7, 11) is 0. The van der Waals surface area contributed by atoms with Gasteiger partial charge in [-0.3, -0.25) is 4.90 Å². The quantitative estimate of drug-likeness (QED) is 0.304. The number of amides is 1. The Balaban J connectivity index is 1.42. The molecule has 1 aliphatic heterocycles. The van der Waals surface area contributed by atoms with Crippen LogP contribution in [0.2, 0.25) is 0 Å². The minimum absolute atomic E-state index is 0.230. The zero-order valence-electron chi connectivity index (χ0n) is 22.3. The van der Waals surface area contributed by atoms with Crippen molar-refractivity contribution in [3.8, 4) is 11.8 Å². The van der Waals surface area contributed by atoms with Crippen LogP contribution in [0.4, 0.5) is 10.5 Å². The molecule has 1 aliphatic carbocycles. The Bertz CT molecular complexity index is 1330. The molecule has 8 heteroatoms. The lowest BCUT2D eigenvalue weighted by atomic mass is 9.67. The summed E-state index contributed by atoms with van der Waals surface area (Å²) in [5.74, 6) is 0.741. The molecule has 2 heterocycles. The molecule has 1 spiro atoms. The molecule has 1 saturated carbocycles. The van der Waals surface area contributed by atoms with E-state index in [-0.39, 0.29) is 11.5 Å². The molecule has 1 saturated heterocycles. The van der Waals surface area contributed by atoms with Crippen LogP contribution >= 0.6 is 0 Å². The molecule has 2 aliphatic rings. The molecule has 0 N–H and O–H groups in total. The van der Waals surface area contributed by atoms with E-state index in [4.69, 9.17) is 14.2 Å². The highest BCUT2D eigenvalue weighted by Gasteiger charge is 2.53. The van der Waals surface area contributed by atoms with E-state index >= 15 is 0 Å². The standard InChI is InChI=1S/C30H36N4O4/c1-3-5-14-36-21-29(19-33-22-32-26-11-10-23(17-31)15-27(26)33)12-7-13-30(18-29)20-34(28(35)38-30)24-8-6-9-25(16-24)37-4-2/h6,8-11,15-16,22H,3-5,7,12-14,18-21H2,1-2H3/t29-,30+/m1/s1. The molecule has 200 valence electrons. The predicted octanol–water partition coefficient (Wildman–Crippen LogP) is 6.08. The van der Waals surface area contributed by atoms with E-state index in [1.165, 1.54) is 0 Å². The van der Waals surface area contributed by atoms with Gasteiger partial charge in [-0.15, -0.1) is 0 Å². The summed E-state index contributed by atoms with van der Waals surface area (Å²) in [4.78, 5) is 19.5. The molecular weight excluding hydrogens is 480 g/mol. The second-order valence-electron chi connectivity index (χ2n) is 10.7. The largest absolute Gasteiger partial charge is 0.494 e. The Morgan fingerprint density at radius 1 is 1.18 bits per heavy atom. The number of nitriles is 1. The van der Waals surface area contributed by atoms with E-state index in [1.807, 2.05) is 49.6 Å². The van der Waals surface area contributed by atoms with Crippen LogP contribution in [0.3, 0.4) is 0 Å². The molecule has 1 amide bonds. The second-order valence-corrected chi connectivity index (χ2v) is 10.7. The normalized spacial score (nSPS) is 23.1. The Labute approximate surface area is 224 Å². The van der Waals surface area contributed by atoms with Gasteiger partial charge in [-0.1, -0.05) is 19.4 Å². The van der Waals surface area contributed by atoms with Gasteiger partial charge in [0.2, 0.25) is 0 Å². The van der Waals surface area contributed by atoms with Gasteiger partial charge in [0, 0.05) is 24.6 Å². The molecular formula is C30H36N4O4. The van der Waals surface area contributed by atoms with E-state index in [1.54, 1.807) is 11.0 Å². The Morgan fingerprint density at radius 2 is 2.08 bits per heavy atom. The molecule has 0 radical (unpaired) electrons. The van der Waals surface area contributed by atoms with Gasteiger partial charge in [-0.2, -0.15) is 5.26 Å². The summed E-state index contributed by atoms with van der Waals surface area (Å²) in [5.41, 5.74) is 2.39. The molecule has 38 heavy (non-hydrogen) atoms. The average molecular weight is 517 g/mol. The van der Waals surface area contributed by atoms with Gasteiger partial charge in [0.1, 0.15) is 11.4 Å². The van der Waals surface area contributed by atoms with Crippen LogP contribution in [0.1, 0.15) is 57.9 Å². The van der Waals surface area contributed by atoms with Crippen LogP contribution in [0.25, 0.3) is 11.0 Å². The zero-order chi connectivity index (χ0) is 26.6. The lowest BCUT2D eigenvalue weighted by Crippen LogP contribution is -2.48. The van der Waals surface area contributed by atoms with Gasteiger partial charge >= 0.3 is 6.09 Å². The number of nitrogens with zero attached hydrogens (tertiary/aromatic N) is 4. The van der Waals surface area contributed by atoms with Gasteiger partial charge in [0.15, 0.2) is 0 Å². The molecule has 1 aromatic heterocycles. The fourth-order valence-corrected chi connectivity index (χ4v) is 6.05. The van der Waals surface area contributed by atoms with Crippen molar-refractivity contribution in [3.63, 3.8) is 0 Å². The second kappa shape index (κ2) is 11.0. The first kappa shape index (κ1) is 26.1. The van der Waals surface area contributed by atoms with E-state index < -0.39 is 5.60 Å². The van der Waals surface area contributed by atoms with Crippen molar-refractivity contribution in [2.24, 2.45) is 5.41 Å². The molecule has 5 rings (SSSR count). The van der Waals surface area contributed by atoms with Crippen LogP contribution in [0.5, 0.6) is 5.75 Å². The molecule has 3 aromatic rings. The maximum absolute atomic E-state index is 13.2. The van der Waals surface area contributed by atoms with E-state index in [9.17, 15) is 10.1 Å². The van der Waals surface area contributed by atoms with E-state index in [2.05, 4.69) is 22.5 Å². The molecule has 0 unspecified atom stereocenters. The average Bonchev–Trinajstić information content (AvgIpc) is 3.46. The van der Waals surface area contributed by atoms with Gasteiger partial charge in [0.05, 0.1) is 54.4 Å². The highest BCUT2D eigenvalue weighted by molar-refractivity contribution is 5.90. The van der Waals surface area contributed by atoms with Gasteiger partial charge in [-0.05, 0) is 69.4 Å². The third-order valence-corrected chi connectivity index (χ3v) is 7.75. The summed E-state index contributed by atoms with van der Waals surface area (Å²) in [6.45, 7) is 7.16. The number of ether oxygens (including phenoxy) is 3. The van der Waals surface area contributed by atoms with E-state index in [0.717, 1.165) is 54.6 Å². The summed E-state index contributed by atoms with van der Waals surface area (Å²) >= 11 is 0. The maximum atomic E-state index is 13.2. The first-order chi connectivity index (χ1) is 18.5. The molecule has 2 fully saturated rings. The van der Waals surface area contributed by atoms with Crippen LogP contribution in [0.15, 0.2) is 48.8 Å². The first-order valence-electron chi connectivity index (χ1n) is 13.6. The number of rotatable bonds is 10. The number of hydrogen-bond donors (Lipinski definition) is 0. The molecule has 8 nitrogen and oxygen atoms in total. The fraction of sp³-hybridized carbons (Fsp3) is 0.500. The topological polar surface area (TPSA) is 89.6 Å². The number of benzene rings is 2. The van der Waals surface area contributed by atoms with Crippen LogP contribution in [0, 0.1) is 16.7 Å². The molecule has 2 aromatic carbocycles. The van der Waals surface area contributed by atoms with Crippen molar-refractivity contribution in [1.29, 1.82) is 5.26 Å². The first-order valence-corrected chi connectivity index (χ1v) is 13.6. The lowest BCUT2D eigenvalue weighted by molar-refractivity contribution is -0.0698. The van der Waals surface area contributed by atoms with Crippen molar-refractivity contribution < 1.29 is 19.0 Å². The number of carbonyl (C=O) groups is 1. The zero-order valence-corrected chi connectivity index (χ0v) is 22.3. The highest BCUT2D eigenvalue weighted by atomic mass is 16.6. The highest BCUT2D eigenvalue weighted by Crippen LogP contribution is 2.48. The van der Waals surface area contributed by atoms with Gasteiger partial charge in [-0.25, -0.2) is 9.78 Å². The van der Waals surface area contributed by atoms with Crippen LogP contribution < -0.4 is 9.64 Å². The Morgan fingerprint density at radius 3 is 2.89 bits per heavy atom. The minimum Gasteiger partial charge on any atom is -0.494 e. The predicted molar refractivity (Wildman–Crippen MR) is 145 cm³/mol. The number of imidazole rings is 1. The number of anilines is 1. The Kier molecular flexibility index (Phi) is 7.57. The maximum Gasteiger partial charge on any atom is 0.415 e. The summed E-state index contributed by atoms with van der Waals surface area (Å²) in [5, 5.41) is 9.43. The van der Waals surface area contributed by atoms with Crippen LogP contribution in [-0.2, 0) is 16.0 Å². The Hall–Kier alpha value is -3.57. The number of aromatic nitrogens is 2. The van der Waals surface area contributed by atoms with Crippen molar-refractivity contribution in [2.75, 3.05) is 31.3 Å². The third kappa shape index (κ3) is 5.34. The number of unbranched alkanes of at least 4 members (excludes halogenated alkanes) is 1. The summed E-state index contributed by atoms with van der Waals surface area (Å²) in [6, 6.07) is 15.5. The monoisotopic (exact) mass is 516 g/mol. The van der Waals surface area contributed by atoms with Gasteiger partial charge < -0.3 is 18.8 Å².